The maximum Gasteiger partial charge on any atom is 0.0597 e. The van der Waals surface area contributed by atoms with Crippen LogP contribution in [0.1, 0.15) is 19.4 Å². The van der Waals surface area contributed by atoms with Crippen LogP contribution in [0.2, 0.25) is 0 Å². The average molecular weight is 251 g/mol. The molecule has 0 bridgehead atoms. The van der Waals surface area contributed by atoms with E-state index in [9.17, 15) is 5.11 Å². The van der Waals surface area contributed by atoms with Gasteiger partial charge in [0.1, 0.15) is 0 Å². The normalized spacial score (nSPS) is 13.2. The van der Waals surface area contributed by atoms with Gasteiger partial charge in [-0.25, -0.2) is 0 Å². The Bertz CT molecular complexity index is 316. The third-order valence-corrected chi connectivity index (χ3v) is 2.85. The van der Waals surface area contributed by atoms with E-state index in [4.69, 9.17) is 0 Å². The molecule has 1 aromatic heterocycles. The van der Waals surface area contributed by atoms with E-state index < -0.39 is 0 Å². The van der Waals surface area contributed by atoms with Crippen molar-refractivity contribution >= 4 is 0 Å². The molecule has 4 heteroatoms. The Hall–Kier alpha value is -0.970. The highest BCUT2D eigenvalue weighted by Gasteiger charge is 2.11. The first-order chi connectivity index (χ1) is 8.61. The molecule has 0 aromatic carbocycles. The van der Waals surface area contributed by atoms with Gasteiger partial charge in [0.25, 0.3) is 0 Å². The van der Waals surface area contributed by atoms with Gasteiger partial charge in [0, 0.05) is 37.6 Å². The van der Waals surface area contributed by atoms with Crippen LogP contribution in [-0.4, -0.2) is 53.8 Å². The topological polar surface area (TPSA) is 48.4 Å². The summed E-state index contributed by atoms with van der Waals surface area (Å²) in [6, 6.07) is 4.64. The van der Waals surface area contributed by atoms with Crippen molar-refractivity contribution in [1.82, 2.24) is 15.2 Å². The molecule has 18 heavy (non-hydrogen) atoms. The second kappa shape index (κ2) is 8.19. The molecule has 4 nitrogen and oxygen atoms in total. The summed E-state index contributed by atoms with van der Waals surface area (Å²) in [6.45, 7) is 6.22. The minimum atomic E-state index is 0.146. The van der Waals surface area contributed by atoms with E-state index in [0.29, 0.717) is 6.04 Å². The van der Waals surface area contributed by atoms with Crippen molar-refractivity contribution < 1.29 is 5.11 Å². The average Bonchev–Trinajstić information content (AvgIpc) is 2.36. The monoisotopic (exact) mass is 251 g/mol. The number of aliphatic hydroxyl groups is 1. The van der Waals surface area contributed by atoms with Gasteiger partial charge >= 0.3 is 0 Å². The number of aliphatic hydroxyl groups excluding tert-OH is 1. The minimum Gasteiger partial charge on any atom is -0.395 e. The molecule has 0 saturated heterocycles. The van der Waals surface area contributed by atoms with Crippen LogP contribution in [0.25, 0.3) is 0 Å². The third kappa shape index (κ3) is 6.10. The number of hydrogen-bond acceptors (Lipinski definition) is 4. The molecule has 0 aliphatic carbocycles. The Balaban J connectivity index is 2.30. The van der Waals surface area contributed by atoms with Gasteiger partial charge < -0.3 is 15.3 Å². The molecule has 0 aliphatic heterocycles. The highest BCUT2D eigenvalue weighted by molar-refractivity contribution is 5.09. The molecule has 102 valence electrons. The molecule has 0 spiro atoms. The van der Waals surface area contributed by atoms with Crippen molar-refractivity contribution in [2.75, 3.05) is 26.7 Å². The summed E-state index contributed by atoms with van der Waals surface area (Å²) in [4.78, 5) is 6.26. The van der Waals surface area contributed by atoms with Crippen LogP contribution in [0.3, 0.4) is 0 Å². The number of hydrogen-bond donors (Lipinski definition) is 2. The molecule has 1 unspecified atom stereocenters. The summed E-state index contributed by atoms with van der Waals surface area (Å²) in [6.07, 6.45) is 4.66. The van der Waals surface area contributed by atoms with Gasteiger partial charge in [-0.15, -0.1) is 0 Å². The van der Waals surface area contributed by atoms with Crippen LogP contribution < -0.4 is 5.32 Å². The SMILES string of the molecule is CC(C)NC(CO)CN(C)CCc1ccncc1. The number of nitrogens with zero attached hydrogens (tertiary/aromatic N) is 2. The Morgan fingerprint density at radius 2 is 2.00 bits per heavy atom. The lowest BCUT2D eigenvalue weighted by Gasteiger charge is -2.25. The van der Waals surface area contributed by atoms with E-state index in [1.807, 2.05) is 24.5 Å². The van der Waals surface area contributed by atoms with Gasteiger partial charge in [0.2, 0.25) is 0 Å². The number of rotatable bonds is 8. The molecule has 1 heterocycles. The molecular weight excluding hydrogens is 226 g/mol. The Morgan fingerprint density at radius 3 is 2.56 bits per heavy atom. The predicted molar refractivity (Wildman–Crippen MR) is 74.6 cm³/mol. The van der Waals surface area contributed by atoms with Crippen LogP contribution in [0, 0.1) is 0 Å². The fourth-order valence-electron chi connectivity index (χ4n) is 1.97. The zero-order valence-corrected chi connectivity index (χ0v) is 11.6. The maximum atomic E-state index is 9.31. The third-order valence-electron chi connectivity index (χ3n) is 2.85. The van der Waals surface area contributed by atoms with Crippen LogP contribution in [0.5, 0.6) is 0 Å². The molecule has 2 N–H and O–H groups in total. The lowest BCUT2D eigenvalue weighted by Crippen LogP contribution is -2.45. The van der Waals surface area contributed by atoms with Crippen molar-refractivity contribution in [2.24, 2.45) is 0 Å². The first kappa shape index (κ1) is 15.1. The van der Waals surface area contributed by atoms with Crippen molar-refractivity contribution in [3.05, 3.63) is 30.1 Å². The lowest BCUT2D eigenvalue weighted by atomic mass is 10.2. The lowest BCUT2D eigenvalue weighted by molar-refractivity contribution is 0.193. The van der Waals surface area contributed by atoms with Gasteiger partial charge in [-0.3, -0.25) is 4.98 Å². The molecule has 0 amide bonds. The number of aromatic nitrogens is 1. The Morgan fingerprint density at radius 1 is 1.33 bits per heavy atom. The standard InChI is InChI=1S/C14H25N3O/c1-12(2)16-14(11-18)10-17(3)9-6-13-4-7-15-8-5-13/h4-5,7-8,12,14,16,18H,6,9-11H2,1-3H3. The van der Waals surface area contributed by atoms with Crippen LogP contribution in [-0.2, 0) is 6.42 Å². The molecule has 0 fully saturated rings. The van der Waals surface area contributed by atoms with Gasteiger partial charge in [-0.1, -0.05) is 13.8 Å². The Labute approximate surface area is 110 Å². The zero-order valence-electron chi connectivity index (χ0n) is 11.6. The molecule has 1 atom stereocenters. The van der Waals surface area contributed by atoms with Gasteiger partial charge in [-0.05, 0) is 31.2 Å². The predicted octanol–water partition coefficient (Wildman–Crippen LogP) is 0.915. The molecular formula is C14H25N3O. The fraction of sp³-hybridized carbons (Fsp3) is 0.643. The summed E-state index contributed by atoms with van der Waals surface area (Å²) in [7, 11) is 2.09. The van der Waals surface area contributed by atoms with Crippen LogP contribution >= 0.6 is 0 Å². The van der Waals surface area contributed by atoms with E-state index in [-0.39, 0.29) is 12.6 Å². The van der Waals surface area contributed by atoms with E-state index >= 15 is 0 Å². The first-order valence-corrected chi connectivity index (χ1v) is 6.56. The minimum absolute atomic E-state index is 0.146. The zero-order chi connectivity index (χ0) is 13.4. The van der Waals surface area contributed by atoms with E-state index in [2.05, 4.69) is 36.1 Å². The van der Waals surface area contributed by atoms with E-state index in [1.54, 1.807) is 0 Å². The second-order valence-electron chi connectivity index (χ2n) is 5.07. The molecule has 1 aromatic rings. The molecule has 0 radical (unpaired) electrons. The van der Waals surface area contributed by atoms with Crippen molar-refractivity contribution in [2.45, 2.75) is 32.4 Å². The quantitative estimate of drug-likeness (QED) is 0.721. The van der Waals surface area contributed by atoms with Gasteiger partial charge in [0.05, 0.1) is 6.61 Å². The maximum absolute atomic E-state index is 9.31. The van der Waals surface area contributed by atoms with Gasteiger partial charge in [-0.2, -0.15) is 0 Å². The number of likely N-dealkylation sites (N-methyl/N-ethyl adjacent to an activating group) is 1. The highest BCUT2D eigenvalue weighted by Crippen LogP contribution is 2.00. The summed E-state index contributed by atoms with van der Waals surface area (Å²) < 4.78 is 0. The first-order valence-electron chi connectivity index (χ1n) is 6.56. The van der Waals surface area contributed by atoms with Crippen LogP contribution in [0.15, 0.2) is 24.5 Å². The van der Waals surface area contributed by atoms with Crippen molar-refractivity contribution in [3.8, 4) is 0 Å². The molecule has 1 rings (SSSR count). The van der Waals surface area contributed by atoms with E-state index in [1.165, 1.54) is 5.56 Å². The van der Waals surface area contributed by atoms with Crippen LogP contribution in [0.4, 0.5) is 0 Å². The van der Waals surface area contributed by atoms with E-state index in [0.717, 1.165) is 19.5 Å². The number of nitrogens with one attached hydrogen (secondary N) is 1. The second-order valence-corrected chi connectivity index (χ2v) is 5.07. The smallest absolute Gasteiger partial charge is 0.0597 e. The molecule has 0 aliphatic rings. The Kier molecular flexibility index (Phi) is 6.86. The highest BCUT2D eigenvalue weighted by atomic mass is 16.3. The largest absolute Gasteiger partial charge is 0.395 e. The summed E-state index contributed by atoms with van der Waals surface area (Å²) >= 11 is 0. The van der Waals surface area contributed by atoms with Crippen molar-refractivity contribution in [1.29, 1.82) is 0 Å². The summed E-state index contributed by atoms with van der Waals surface area (Å²) in [5.74, 6) is 0. The summed E-state index contributed by atoms with van der Waals surface area (Å²) in [5.41, 5.74) is 1.30. The number of pyridine rings is 1. The molecule has 0 saturated carbocycles. The van der Waals surface area contributed by atoms with Gasteiger partial charge in [0.15, 0.2) is 0 Å². The van der Waals surface area contributed by atoms with Crippen molar-refractivity contribution in [3.63, 3.8) is 0 Å². The fourth-order valence-corrected chi connectivity index (χ4v) is 1.97. The summed E-state index contributed by atoms with van der Waals surface area (Å²) in [5, 5.41) is 12.7.